The lowest BCUT2D eigenvalue weighted by Crippen LogP contribution is -2.37. The summed E-state index contributed by atoms with van der Waals surface area (Å²) in [6.45, 7) is 4.66. The normalized spacial score (nSPS) is 10.9. The SMILES string of the molecule is CC(C)(CNC(=O)c1ccccc1NC(=O)c1ccccc1)c1ccccc1. The van der Waals surface area contributed by atoms with Crippen molar-refractivity contribution >= 4 is 17.5 Å². The van der Waals surface area contributed by atoms with Crippen LogP contribution in [0.4, 0.5) is 5.69 Å². The molecule has 0 radical (unpaired) electrons. The number of rotatable bonds is 6. The molecule has 3 aromatic carbocycles. The van der Waals surface area contributed by atoms with Crippen molar-refractivity contribution in [1.82, 2.24) is 5.32 Å². The van der Waals surface area contributed by atoms with Crippen LogP contribution in [0.25, 0.3) is 0 Å². The second kappa shape index (κ2) is 8.53. The van der Waals surface area contributed by atoms with Gasteiger partial charge in [0.25, 0.3) is 11.8 Å². The molecule has 0 unspecified atom stereocenters. The molecule has 0 fully saturated rings. The number of carbonyl (C=O) groups excluding carboxylic acids is 2. The Morgan fingerprint density at radius 1 is 0.750 bits per heavy atom. The fraction of sp³-hybridized carbons (Fsp3) is 0.167. The van der Waals surface area contributed by atoms with Crippen LogP contribution < -0.4 is 10.6 Å². The third-order valence-corrected chi connectivity index (χ3v) is 4.70. The summed E-state index contributed by atoms with van der Waals surface area (Å²) in [6, 6.07) is 26.0. The average Bonchev–Trinajstić information content (AvgIpc) is 2.74. The molecular formula is C24H24N2O2. The number of benzene rings is 3. The monoisotopic (exact) mass is 372 g/mol. The van der Waals surface area contributed by atoms with Gasteiger partial charge in [-0.1, -0.05) is 74.5 Å². The minimum absolute atomic E-state index is 0.209. The molecule has 0 atom stereocenters. The molecule has 4 heteroatoms. The van der Waals surface area contributed by atoms with Crippen molar-refractivity contribution in [2.75, 3.05) is 11.9 Å². The van der Waals surface area contributed by atoms with Gasteiger partial charge in [0.1, 0.15) is 0 Å². The van der Waals surface area contributed by atoms with Crippen LogP contribution in [0.1, 0.15) is 40.1 Å². The van der Waals surface area contributed by atoms with Gasteiger partial charge in [-0.3, -0.25) is 9.59 Å². The lowest BCUT2D eigenvalue weighted by atomic mass is 9.84. The maximum absolute atomic E-state index is 12.8. The highest BCUT2D eigenvalue weighted by Gasteiger charge is 2.22. The number of nitrogens with one attached hydrogen (secondary N) is 2. The van der Waals surface area contributed by atoms with E-state index in [9.17, 15) is 9.59 Å². The van der Waals surface area contributed by atoms with E-state index in [0.717, 1.165) is 5.56 Å². The Morgan fingerprint density at radius 2 is 1.32 bits per heavy atom. The zero-order chi connectivity index (χ0) is 20.0. The Labute approximate surface area is 165 Å². The molecule has 0 aromatic heterocycles. The van der Waals surface area contributed by atoms with Crippen LogP contribution in [0.2, 0.25) is 0 Å². The molecular weight excluding hydrogens is 348 g/mol. The molecule has 0 heterocycles. The molecule has 28 heavy (non-hydrogen) atoms. The van der Waals surface area contributed by atoms with Crippen LogP contribution in [0.5, 0.6) is 0 Å². The van der Waals surface area contributed by atoms with Gasteiger partial charge in [0.2, 0.25) is 0 Å². The van der Waals surface area contributed by atoms with Crippen LogP contribution in [-0.4, -0.2) is 18.4 Å². The van der Waals surface area contributed by atoms with Crippen molar-refractivity contribution in [2.24, 2.45) is 0 Å². The Hall–Kier alpha value is -3.40. The Bertz CT molecular complexity index is 951. The summed E-state index contributed by atoms with van der Waals surface area (Å²) in [7, 11) is 0. The minimum atomic E-state index is -0.245. The van der Waals surface area contributed by atoms with Crippen molar-refractivity contribution in [1.29, 1.82) is 0 Å². The molecule has 0 saturated carbocycles. The Balaban J connectivity index is 1.72. The minimum Gasteiger partial charge on any atom is -0.351 e. The van der Waals surface area contributed by atoms with Gasteiger partial charge in [-0.2, -0.15) is 0 Å². The molecule has 0 aliphatic rings. The van der Waals surface area contributed by atoms with E-state index >= 15 is 0 Å². The van der Waals surface area contributed by atoms with Crippen LogP contribution >= 0.6 is 0 Å². The van der Waals surface area contributed by atoms with Crippen LogP contribution in [0, 0.1) is 0 Å². The first kappa shape index (κ1) is 19.4. The molecule has 142 valence electrons. The molecule has 0 aliphatic carbocycles. The third-order valence-electron chi connectivity index (χ3n) is 4.70. The third kappa shape index (κ3) is 4.65. The number of para-hydroxylation sites is 1. The highest BCUT2D eigenvalue weighted by Crippen LogP contribution is 2.22. The smallest absolute Gasteiger partial charge is 0.255 e. The summed E-state index contributed by atoms with van der Waals surface area (Å²) in [5, 5.41) is 5.84. The summed E-state index contributed by atoms with van der Waals surface area (Å²) in [6.07, 6.45) is 0. The van der Waals surface area contributed by atoms with E-state index in [2.05, 4.69) is 36.6 Å². The van der Waals surface area contributed by atoms with Crippen LogP contribution in [-0.2, 0) is 5.41 Å². The summed E-state index contributed by atoms with van der Waals surface area (Å²) < 4.78 is 0. The van der Waals surface area contributed by atoms with Gasteiger partial charge in [0.05, 0.1) is 11.3 Å². The van der Waals surface area contributed by atoms with Gasteiger partial charge in [-0.15, -0.1) is 0 Å². The van der Waals surface area contributed by atoms with Gasteiger partial charge >= 0.3 is 0 Å². The maximum Gasteiger partial charge on any atom is 0.255 e. The second-order valence-electron chi connectivity index (χ2n) is 7.30. The highest BCUT2D eigenvalue weighted by atomic mass is 16.2. The van der Waals surface area contributed by atoms with Gasteiger partial charge in [0, 0.05) is 17.5 Å². The fourth-order valence-corrected chi connectivity index (χ4v) is 2.96. The molecule has 0 spiro atoms. The van der Waals surface area contributed by atoms with E-state index in [0.29, 0.717) is 23.4 Å². The zero-order valence-electron chi connectivity index (χ0n) is 16.1. The number of carbonyl (C=O) groups is 2. The Morgan fingerprint density at radius 3 is 2.00 bits per heavy atom. The molecule has 3 rings (SSSR count). The number of anilines is 1. The highest BCUT2D eigenvalue weighted by molar-refractivity contribution is 6.09. The van der Waals surface area contributed by atoms with E-state index in [1.54, 1.807) is 48.5 Å². The quantitative estimate of drug-likeness (QED) is 0.662. The van der Waals surface area contributed by atoms with E-state index in [4.69, 9.17) is 0 Å². The van der Waals surface area contributed by atoms with E-state index in [-0.39, 0.29) is 17.2 Å². The molecule has 2 N–H and O–H groups in total. The lowest BCUT2D eigenvalue weighted by Gasteiger charge is -2.26. The summed E-state index contributed by atoms with van der Waals surface area (Å²) in [5.41, 5.74) is 2.42. The number of hydrogen-bond donors (Lipinski definition) is 2. The van der Waals surface area contributed by atoms with Gasteiger partial charge < -0.3 is 10.6 Å². The fourth-order valence-electron chi connectivity index (χ4n) is 2.96. The molecule has 0 bridgehead atoms. The molecule has 3 aromatic rings. The summed E-state index contributed by atoms with van der Waals surface area (Å²) in [5.74, 6) is -0.460. The zero-order valence-corrected chi connectivity index (χ0v) is 16.1. The first-order valence-electron chi connectivity index (χ1n) is 9.26. The molecule has 2 amide bonds. The van der Waals surface area contributed by atoms with Crippen molar-refractivity contribution in [3.05, 3.63) is 102 Å². The van der Waals surface area contributed by atoms with E-state index in [1.165, 1.54) is 0 Å². The standard InChI is InChI=1S/C24H24N2O2/c1-24(2,19-13-7-4-8-14-19)17-25-23(28)20-15-9-10-16-21(20)26-22(27)18-11-5-3-6-12-18/h3-16H,17H2,1-2H3,(H,25,28)(H,26,27). The number of hydrogen-bond acceptors (Lipinski definition) is 2. The lowest BCUT2D eigenvalue weighted by molar-refractivity contribution is 0.0946. The maximum atomic E-state index is 12.8. The van der Waals surface area contributed by atoms with Crippen molar-refractivity contribution < 1.29 is 9.59 Å². The average molecular weight is 372 g/mol. The molecule has 0 saturated heterocycles. The van der Waals surface area contributed by atoms with E-state index < -0.39 is 0 Å². The summed E-state index contributed by atoms with van der Waals surface area (Å²) in [4.78, 5) is 25.2. The number of amides is 2. The molecule has 4 nitrogen and oxygen atoms in total. The first-order valence-corrected chi connectivity index (χ1v) is 9.26. The Kier molecular flexibility index (Phi) is 5.90. The summed E-state index contributed by atoms with van der Waals surface area (Å²) >= 11 is 0. The largest absolute Gasteiger partial charge is 0.351 e. The van der Waals surface area contributed by atoms with Crippen LogP contribution in [0.3, 0.4) is 0 Å². The van der Waals surface area contributed by atoms with Gasteiger partial charge in [-0.25, -0.2) is 0 Å². The first-order chi connectivity index (χ1) is 13.5. The predicted molar refractivity (Wildman–Crippen MR) is 113 cm³/mol. The van der Waals surface area contributed by atoms with Crippen molar-refractivity contribution in [2.45, 2.75) is 19.3 Å². The van der Waals surface area contributed by atoms with Crippen molar-refractivity contribution in [3.63, 3.8) is 0 Å². The van der Waals surface area contributed by atoms with Crippen molar-refractivity contribution in [3.8, 4) is 0 Å². The topological polar surface area (TPSA) is 58.2 Å². The van der Waals surface area contributed by atoms with E-state index in [1.807, 2.05) is 24.3 Å². The second-order valence-corrected chi connectivity index (χ2v) is 7.30. The van der Waals surface area contributed by atoms with Gasteiger partial charge in [0.15, 0.2) is 0 Å². The van der Waals surface area contributed by atoms with Gasteiger partial charge in [-0.05, 0) is 29.8 Å². The molecule has 0 aliphatic heterocycles. The van der Waals surface area contributed by atoms with Crippen LogP contribution in [0.15, 0.2) is 84.9 Å². The predicted octanol–water partition coefficient (Wildman–Crippen LogP) is 4.65.